The zero-order valence-electron chi connectivity index (χ0n) is 18.6. The first kappa shape index (κ1) is 24.5. The number of nitrogens with zero attached hydrogens (tertiary/aromatic N) is 5. The average Bonchev–Trinajstić information content (AvgIpc) is 3.15. The monoisotopic (exact) mass is 499 g/mol. The van der Waals surface area contributed by atoms with Gasteiger partial charge in [0.2, 0.25) is 5.91 Å². The molecule has 0 spiro atoms. The molecule has 184 valence electrons. The van der Waals surface area contributed by atoms with Gasteiger partial charge in [0.25, 0.3) is 5.91 Å². The molecule has 0 saturated heterocycles. The van der Waals surface area contributed by atoms with Crippen LogP contribution >= 0.6 is 0 Å². The fourth-order valence-corrected chi connectivity index (χ4v) is 4.34. The van der Waals surface area contributed by atoms with Gasteiger partial charge in [-0.2, -0.15) is 23.5 Å². The summed E-state index contributed by atoms with van der Waals surface area (Å²) in [7, 11) is 0. The van der Waals surface area contributed by atoms with Crippen LogP contribution in [0.3, 0.4) is 0 Å². The number of amides is 2. The third-order valence-corrected chi connectivity index (χ3v) is 5.98. The fourth-order valence-electron chi connectivity index (χ4n) is 4.34. The summed E-state index contributed by atoms with van der Waals surface area (Å²) < 4.78 is 57.9. The second-order valence-corrected chi connectivity index (χ2v) is 8.15. The SMILES string of the molecule is Cc1c(C2(C(N)=O)CC(C(N)=O)=Nc3cc(F)ccc32)c(C(F)(F)F)nn1Cc1ccc(C#N)cn1. The lowest BCUT2D eigenvalue weighted by Crippen LogP contribution is -2.48. The lowest BCUT2D eigenvalue weighted by atomic mass is 9.67. The number of carbonyl (C=O) groups excluding carboxylic acids is 2. The van der Waals surface area contributed by atoms with Gasteiger partial charge < -0.3 is 11.5 Å². The molecular formula is C23H17F4N7O2. The Morgan fingerprint density at radius 2 is 1.94 bits per heavy atom. The minimum absolute atomic E-state index is 0.0896. The number of benzene rings is 1. The third-order valence-electron chi connectivity index (χ3n) is 5.98. The Balaban J connectivity index is 2.01. The van der Waals surface area contributed by atoms with Crippen molar-refractivity contribution in [2.45, 2.75) is 31.5 Å². The number of aromatic nitrogens is 3. The number of hydrogen-bond donors (Lipinski definition) is 2. The van der Waals surface area contributed by atoms with Crippen molar-refractivity contribution in [3.05, 3.63) is 76.1 Å². The Bertz CT molecular complexity index is 1470. The molecule has 9 nitrogen and oxygen atoms in total. The van der Waals surface area contributed by atoms with Crippen molar-refractivity contribution in [1.82, 2.24) is 14.8 Å². The van der Waals surface area contributed by atoms with E-state index in [1.807, 2.05) is 6.07 Å². The lowest BCUT2D eigenvalue weighted by Gasteiger charge is -2.36. The number of primary amides is 2. The molecule has 3 heterocycles. The van der Waals surface area contributed by atoms with E-state index in [-0.39, 0.29) is 29.1 Å². The summed E-state index contributed by atoms with van der Waals surface area (Å²) in [6.45, 7) is 1.08. The number of fused-ring (bicyclic) bond motifs is 1. The Kier molecular flexibility index (Phi) is 5.83. The van der Waals surface area contributed by atoms with Crippen LogP contribution in [0.25, 0.3) is 0 Å². The van der Waals surface area contributed by atoms with E-state index in [1.54, 1.807) is 0 Å². The van der Waals surface area contributed by atoms with Crippen molar-refractivity contribution < 1.29 is 27.2 Å². The zero-order valence-corrected chi connectivity index (χ0v) is 18.6. The van der Waals surface area contributed by atoms with Gasteiger partial charge in [0.15, 0.2) is 5.69 Å². The minimum Gasteiger partial charge on any atom is -0.369 e. The van der Waals surface area contributed by atoms with Crippen molar-refractivity contribution in [2.24, 2.45) is 16.5 Å². The maximum Gasteiger partial charge on any atom is 0.435 e. The molecule has 36 heavy (non-hydrogen) atoms. The molecule has 2 amide bonds. The zero-order chi connectivity index (χ0) is 26.4. The Labute approximate surface area is 201 Å². The summed E-state index contributed by atoms with van der Waals surface area (Å²) in [5.41, 5.74) is 6.46. The number of nitriles is 1. The van der Waals surface area contributed by atoms with E-state index in [0.29, 0.717) is 5.69 Å². The standard InChI is InChI=1S/C23H17F4N7O2/c1-11-18(19(23(25,26)27)33-34(11)10-14-4-2-12(8-28)9-31-14)22(21(30)36)7-17(20(29)35)32-16-6-13(24)3-5-15(16)22/h2-6,9H,7,10H2,1H3,(H2,29,35)(H2,30,36). The first-order valence-electron chi connectivity index (χ1n) is 10.4. The summed E-state index contributed by atoms with van der Waals surface area (Å²) in [5, 5.41) is 12.7. The molecule has 0 radical (unpaired) electrons. The van der Waals surface area contributed by atoms with Crippen LogP contribution < -0.4 is 11.5 Å². The third kappa shape index (κ3) is 3.96. The summed E-state index contributed by atoms with van der Waals surface area (Å²) in [5.74, 6) is -3.12. The summed E-state index contributed by atoms with van der Waals surface area (Å²) in [6.07, 6.45) is -4.46. The molecule has 4 rings (SSSR count). The molecule has 0 saturated carbocycles. The van der Waals surface area contributed by atoms with Crippen molar-refractivity contribution >= 4 is 23.2 Å². The van der Waals surface area contributed by atoms with Crippen LogP contribution in [0.4, 0.5) is 23.2 Å². The molecule has 0 bridgehead atoms. The van der Waals surface area contributed by atoms with Gasteiger partial charge in [-0.15, -0.1) is 0 Å². The topological polar surface area (TPSA) is 153 Å². The number of hydrogen-bond acceptors (Lipinski definition) is 6. The molecule has 1 unspecified atom stereocenters. The van der Waals surface area contributed by atoms with E-state index >= 15 is 0 Å². The number of alkyl halides is 3. The van der Waals surface area contributed by atoms with Gasteiger partial charge >= 0.3 is 6.18 Å². The number of pyridine rings is 1. The van der Waals surface area contributed by atoms with E-state index in [1.165, 1.54) is 25.3 Å². The largest absolute Gasteiger partial charge is 0.435 e. The number of carbonyl (C=O) groups is 2. The summed E-state index contributed by atoms with van der Waals surface area (Å²) >= 11 is 0. The maximum absolute atomic E-state index is 14.3. The van der Waals surface area contributed by atoms with Crippen LogP contribution in [0.2, 0.25) is 0 Å². The highest BCUT2D eigenvalue weighted by Gasteiger charge is 2.54. The predicted octanol–water partition coefficient (Wildman–Crippen LogP) is 2.40. The average molecular weight is 499 g/mol. The van der Waals surface area contributed by atoms with Crippen molar-refractivity contribution in [3.63, 3.8) is 0 Å². The molecule has 3 aromatic rings. The van der Waals surface area contributed by atoms with Crippen LogP contribution in [-0.4, -0.2) is 32.3 Å². The van der Waals surface area contributed by atoms with Gasteiger partial charge in [-0.3, -0.25) is 19.3 Å². The summed E-state index contributed by atoms with van der Waals surface area (Å²) in [4.78, 5) is 33.1. The van der Waals surface area contributed by atoms with Crippen molar-refractivity contribution in [3.8, 4) is 6.07 Å². The molecule has 1 atom stereocenters. The maximum atomic E-state index is 14.3. The second-order valence-electron chi connectivity index (χ2n) is 8.15. The lowest BCUT2D eigenvalue weighted by molar-refractivity contribution is -0.142. The molecule has 0 fully saturated rings. The molecule has 1 aromatic carbocycles. The minimum atomic E-state index is -5.03. The van der Waals surface area contributed by atoms with Gasteiger partial charge in [0.1, 0.15) is 23.0 Å². The highest BCUT2D eigenvalue weighted by atomic mass is 19.4. The quantitative estimate of drug-likeness (QED) is 0.516. The van der Waals surface area contributed by atoms with Crippen molar-refractivity contribution in [2.75, 3.05) is 0 Å². The number of rotatable bonds is 5. The number of nitrogens with two attached hydrogens (primary N) is 2. The normalized spacial score (nSPS) is 17.2. The molecule has 2 aromatic heterocycles. The fraction of sp³-hybridized carbons (Fsp3) is 0.217. The Hall–Kier alpha value is -4.60. The van der Waals surface area contributed by atoms with E-state index in [4.69, 9.17) is 16.7 Å². The van der Waals surface area contributed by atoms with E-state index < -0.39 is 52.6 Å². The smallest absolute Gasteiger partial charge is 0.369 e. The molecule has 1 aliphatic rings. The highest BCUT2D eigenvalue weighted by molar-refractivity contribution is 6.40. The number of aliphatic imine (C=N–C) groups is 1. The van der Waals surface area contributed by atoms with Crippen LogP contribution in [0.5, 0.6) is 0 Å². The Morgan fingerprint density at radius 3 is 2.50 bits per heavy atom. The van der Waals surface area contributed by atoms with Gasteiger partial charge in [0.05, 0.1) is 23.5 Å². The Morgan fingerprint density at radius 1 is 1.22 bits per heavy atom. The first-order valence-corrected chi connectivity index (χ1v) is 10.4. The first-order chi connectivity index (χ1) is 16.9. The molecule has 1 aliphatic heterocycles. The van der Waals surface area contributed by atoms with Crippen LogP contribution in [-0.2, 0) is 27.7 Å². The van der Waals surface area contributed by atoms with Gasteiger partial charge in [-0.05, 0) is 36.8 Å². The van der Waals surface area contributed by atoms with Gasteiger partial charge in [0, 0.05) is 23.9 Å². The molecule has 0 aliphatic carbocycles. The molecule has 13 heteroatoms. The van der Waals surface area contributed by atoms with Crippen LogP contribution in [0.1, 0.15) is 40.2 Å². The second kappa shape index (κ2) is 8.56. The van der Waals surface area contributed by atoms with Gasteiger partial charge in [-0.1, -0.05) is 6.07 Å². The number of halogens is 4. The summed E-state index contributed by atoms with van der Waals surface area (Å²) in [6, 6.07) is 7.72. The van der Waals surface area contributed by atoms with E-state index in [9.17, 15) is 27.2 Å². The van der Waals surface area contributed by atoms with E-state index in [0.717, 1.165) is 22.9 Å². The van der Waals surface area contributed by atoms with E-state index in [2.05, 4.69) is 15.1 Å². The predicted molar refractivity (Wildman–Crippen MR) is 117 cm³/mol. The molecule has 4 N–H and O–H groups in total. The highest BCUT2D eigenvalue weighted by Crippen LogP contribution is 2.49. The van der Waals surface area contributed by atoms with Crippen LogP contribution in [0.15, 0.2) is 41.5 Å². The molecular weight excluding hydrogens is 482 g/mol. The van der Waals surface area contributed by atoms with Crippen molar-refractivity contribution in [1.29, 1.82) is 5.26 Å². The van der Waals surface area contributed by atoms with Gasteiger partial charge in [-0.25, -0.2) is 9.38 Å². The van der Waals surface area contributed by atoms with Crippen LogP contribution in [0, 0.1) is 24.1 Å².